The molecule has 0 radical (unpaired) electrons. The first kappa shape index (κ1) is 20.5. The number of carbonyl (C=O) groups is 1. The number of rotatable bonds is 7. The molecule has 1 atom stereocenters. The van der Waals surface area contributed by atoms with Crippen molar-refractivity contribution in [2.45, 2.75) is 26.3 Å². The van der Waals surface area contributed by atoms with Crippen LogP contribution in [0.3, 0.4) is 0 Å². The number of pyridine rings is 1. The van der Waals surface area contributed by atoms with Gasteiger partial charge in [0.05, 0.1) is 23.6 Å². The topological polar surface area (TPSA) is 109 Å². The van der Waals surface area contributed by atoms with Crippen molar-refractivity contribution in [1.29, 1.82) is 0 Å². The Bertz CT molecular complexity index is 1080. The Hall–Kier alpha value is -3.26. The van der Waals surface area contributed by atoms with Gasteiger partial charge in [-0.25, -0.2) is 9.97 Å². The number of nitrogens with zero attached hydrogens (tertiary/aromatic N) is 3. The van der Waals surface area contributed by atoms with Crippen LogP contribution in [0, 0.1) is 0 Å². The molecule has 3 aromatic rings. The number of hydrogen-bond acceptors (Lipinski definition) is 6. The number of aliphatic hydroxyl groups is 1. The van der Waals surface area contributed by atoms with E-state index in [9.17, 15) is 9.59 Å². The summed E-state index contributed by atoms with van der Waals surface area (Å²) in [5.74, 6) is 0.374. The van der Waals surface area contributed by atoms with E-state index < -0.39 is 0 Å². The SMILES string of the molecule is CC(=O)NC(C)c1ccc(-c2cc3ncn(C)c(=O)c3c(NCCCO)n2)cc1. The molecule has 0 saturated heterocycles. The summed E-state index contributed by atoms with van der Waals surface area (Å²) in [7, 11) is 1.65. The third-order valence-electron chi connectivity index (χ3n) is 4.66. The van der Waals surface area contributed by atoms with E-state index in [2.05, 4.69) is 20.6 Å². The zero-order chi connectivity index (χ0) is 21.0. The molecule has 0 aliphatic heterocycles. The number of aliphatic hydroxyl groups excluding tert-OH is 1. The van der Waals surface area contributed by atoms with Crippen LogP contribution in [0.15, 0.2) is 41.5 Å². The predicted octanol–water partition coefficient (Wildman–Crippen LogP) is 1.99. The number of aryl methyl sites for hydroxylation is 1. The molecular weight excluding hydrogens is 370 g/mol. The van der Waals surface area contributed by atoms with Crippen molar-refractivity contribution in [2.24, 2.45) is 7.05 Å². The van der Waals surface area contributed by atoms with Crippen LogP contribution in [0.5, 0.6) is 0 Å². The van der Waals surface area contributed by atoms with Gasteiger partial charge in [0.1, 0.15) is 11.2 Å². The molecule has 0 aliphatic rings. The molecule has 1 amide bonds. The van der Waals surface area contributed by atoms with E-state index in [4.69, 9.17) is 5.11 Å². The van der Waals surface area contributed by atoms with Gasteiger partial charge >= 0.3 is 0 Å². The maximum atomic E-state index is 12.6. The molecule has 1 unspecified atom stereocenters. The third-order valence-corrected chi connectivity index (χ3v) is 4.66. The second kappa shape index (κ2) is 8.83. The number of nitrogens with one attached hydrogen (secondary N) is 2. The van der Waals surface area contributed by atoms with Crippen LogP contribution < -0.4 is 16.2 Å². The molecule has 3 N–H and O–H groups in total. The van der Waals surface area contributed by atoms with Crippen LogP contribution in [-0.4, -0.2) is 38.7 Å². The lowest BCUT2D eigenvalue weighted by Crippen LogP contribution is -2.23. The van der Waals surface area contributed by atoms with Gasteiger partial charge in [-0.2, -0.15) is 0 Å². The second-order valence-electron chi connectivity index (χ2n) is 6.96. The number of aromatic nitrogens is 3. The Morgan fingerprint density at radius 1 is 1.28 bits per heavy atom. The van der Waals surface area contributed by atoms with Crippen LogP contribution in [0.2, 0.25) is 0 Å². The summed E-state index contributed by atoms with van der Waals surface area (Å²) in [6, 6.07) is 9.45. The van der Waals surface area contributed by atoms with Crippen LogP contribution in [-0.2, 0) is 11.8 Å². The molecule has 2 heterocycles. The lowest BCUT2D eigenvalue weighted by atomic mass is 10.0. The van der Waals surface area contributed by atoms with E-state index in [1.165, 1.54) is 17.8 Å². The van der Waals surface area contributed by atoms with E-state index in [1.807, 2.05) is 31.2 Å². The molecular formula is C21H25N5O3. The highest BCUT2D eigenvalue weighted by molar-refractivity contribution is 5.91. The van der Waals surface area contributed by atoms with Crippen molar-refractivity contribution in [1.82, 2.24) is 19.9 Å². The fraction of sp³-hybridized carbons (Fsp3) is 0.333. The number of fused-ring (bicyclic) bond motifs is 1. The molecule has 29 heavy (non-hydrogen) atoms. The quantitative estimate of drug-likeness (QED) is 0.528. The first-order valence-corrected chi connectivity index (χ1v) is 9.49. The zero-order valence-electron chi connectivity index (χ0n) is 16.8. The highest BCUT2D eigenvalue weighted by Crippen LogP contribution is 2.26. The van der Waals surface area contributed by atoms with E-state index in [0.29, 0.717) is 35.4 Å². The fourth-order valence-corrected chi connectivity index (χ4v) is 3.11. The van der Waals surface area contributed by atoms with Crippen molar-refractivity contribution in [3.05, 3.63) is 52.6 Å². The van der Waals surface area contributed by atoms with E-state index in [0.717, 1.165) is 11.1 Å². The third kappa shape index (κ3) is 4.60. The van der Waals surface area contributed by atoms with Crippen molar-refractivity contribution < 1.29 is 9.90 Å². The van der Waals surface area contributed by atoms with Gasteiger partial charge in [0.25, 0.3) is 5.56 Å². The average Bonchev–Trinajstić information content (AvgIpc) is 2.70. The molecule has 0 fully saturated rings. The molecule has 0 bridgehead atoms. The lowest BCUT2D eigenvalue weighted by Gasteiger charge is -2.14. The van der Waals surface area contributed by atoms with Crippen LogP contribution in [0.1, 0.15) is 31.9 Å². The van der Waals surface area contributed by atoms with Crippen LogP contribution in [0.25, 0.3) is 22.2 Å². The highest BCUT2D eigenvalue weighted by Gasteiger charge is 2.14. The van der Waals surface area contributed by atoms with Crippen LogP contribution in [0.4, 0.5) is 5.82 Å². The monoisotopic (exact) mass is 395 g/mol. The number of benzene rings is 1. The summed E-state index contributed by atoms with van der Waals surface area (Å²) in [6.07, 6.45) is 2.04. The lowest BCUT2D eigenvalue weighted by molar-refractivity contribution is -0.119. The normalized spacial score (nSPS) is 12.0. The Balaban J connectivity index is 2.02. The van der Waals surface area contributed by atoms with Gasteiger partial charge in [-0.3, -0.25) is 9.59 Å². The van der Waals surface area contributed by atoms with Crippen molar-refractivity contribution in [2.75, 3.05) is 18.5 Å². The Morgan fingerprint density at radius 2 is 2.00 bits per heavy atom. The van der Waals surface area contributed by atoms with Gasteiger partial charge in [0, 0.05) is 32.7 Å². The number of carbonyl (C=O) groups excluding carboxylic acids is 1. The van der Waals surface area contributed by atoms with Gasteiger partial charge < -0.3 is 20.3 Å². The summed E-state index contributed by atoms with van der Waals surface area (Å²) in [5.41, 5.74) is 2.92. The Labute approximate surface area is 168 Å². The van der Waals surface area contributed by atoms with E-state index in [1.54, 1.807) is 13.1 Å². The summed E-state index contributed by atoms with van der Waals surface area (Å²) in [6.45, 7) is 3.96. The molecule has 0 aliphatic carbocycles. The minimum absolute atomic E-state index is 0.0504. The summed E-state index contributed by atoms with van der Waals surface area (Å²) >= 11 is 0. The zero-order valence-corrected chi connectivity index (χ0v) is 16.8. The summed E-state index contributed by atoms with van der Waals surface area (Å²) < 4.78 is 1.42. The molecule has 8 heteroatoms. The maximum Gasteiger partial charge on any atom is 0.264 e. The van der Waals surface area contributed by atoms with Gasteiger partial charge in [-0.15, -0.1) is 0 Å². The van der Waals surface area contributed by atoms with Crippen LogP contribution >= 0.6 is 0 Å². The van der Waals surface area contributed by atoms with Crippen molar-refractivity contribution in [3.63, 3.8) is 0 Å². The Morgan fingerprint density at radius 3 is 2.66 bits per heavy atom. The number of hydrogen-bond donors (Lipinski definition) is 3. The first-order chi connectivity index (χ1) is 13.9. The van der Waals surface area contributed by atoms with Gasteiger partial charge in [0.2, 0.25) is 5.91 Å². The van der Waals surface area contributed by atoms with Crippen molar-refractivity contribution in [3.8, 4) is 11.3 Å². The second-order valence-corrected chi connectivity index (χ2v) is 6.96. The highest BCUT2D eigenvalue weighted by atomic mass is 16.3. The summed E-state index contributed by atoms with van der Waals surface area (Å²) in [5, 5.41) is 15.5. The molecule has 1 aromatic carbocycles. The molecule has 2 aromatic heterocycles. The largest absolute Gasteiger partial charge is 0.396 e. The molecule has 0 spiro atoms. The standard InChI is InChI=1S/C21H25N5O3/c1-13(24-14(2)28)15-5-7-16(8-6-15)17-11-18-19(21(29)26(3)12-23-18)20(25-17)22-9-4-10-27/h5-8,11-13,27H,4,9-10H2,1-3H3,(H,22,25)(H,24,28). The number of anilines is 1. The molecule has 8 nitrogen and oxygen atoms in total. The first-order valence-electron chi connectivity index (χ1n) is 9.49. The smallest absolute Gasteiger partial charge is 0.264 e. The van der Waals surface area contributed by atoms with E-state index >= 15 is 0 Å². The molecule has 152 valence electrons. The average molecular weight is 395 g/mol. The van der Waals surface area contributed by atoms with Crippen molar-refractivity contribution >= 4 is 22.6 Å². The predicted molar refractivity (Wildman–Crippen MR) is 113 cm³/mol. The number of amides is 1. The van der Waals surface area contributed by atoms with E-state index in [-0.39, 0.29) is 24.1 Å². The molecule has 0 saturated carbocycles. The minimum atomic E-state index is -0.181. The van der Waals surface area contributed by atoms with Gasteiger partial charge in [-0.05, 0) is 25.0 Å². The summed E-state index contributed by atoms with van der Waals surface area (Å²) in [4.78, 5) is 32.9. The Kier molecular flexibility index (Phi) is 6.23. The van der Waals surface area contributed by atoms with Gasteiger partial charge in [-0.1, -0.05) is 24.3 Å². The van der Waals surface area contributed by atoms with Gasteiger partial charge in [0.15, 0.2) is 0 Å². The fourth-order valence-electron chi connectivity index (χ4n) is 3.11. The maximum absolute atomic E-state index is 12.6. The molecule has 3 rings (SSSR count). The minimum Gasteiger partial charge on any atom is -0.396 e.